The molecule has 7 heteroatoms. The van der Waals surface area contributed by atoms with Crippen molar-refractivity contribution in [3.63, 3.8) is 0 Å². The minimum absolute atomic E-state index is 0.0105. The van der Waals surface area contributed by atoms with E-state index in [9.17, 15) is 4.79 Å². The summed E-state index contributed by atoms with van der Waals surface area (Å²) in [7, 11) is 0. The average Bonchev–Trinajstić information content (AvgIpc) is 3.21. The van der Waals surface area contributed by atoms with Crippen molar-refractivity contribution in [2.45, 2.75) is 37.5 Å². The van der Waals surface area contributed by atoms with Crippen LogP contribution < -0.4 is 21.9 Å². The molecule has 0 aromatic heterocycles. The maximum atomic E-state index is 12.3. The summed E-state index contributed by atoms with van der Waals surface area (Å²) in [6, 6.07) is 7.81. The van der Waals surface area contributed by atoms with E-state index < -0.39 is 0 Å². The lowest BCUT2D eigenvalue weighted by Crippen LogP contribution is -2.46. The maximum Gasteiger partial charge on any atom is 0.238 e. The number of nitrogens with one attached hydrogen (secondary N) is 3. The predicted octanol–water partition coefficient (Wildman–Crippen LogP) is 0.744. The quantitative estimate of drug-likeness (QED) is 0.637. The summed E-state index contributed by atoms with van der Waals surface area (Å²) in [6.45, 7) is 2.72. The van der Waals surface area contributed by atoms with Gasteiger partial charge in [0.2, 0.25) is 5.91 Å². The van der Waals surface area contributed by atoms with Crippen LogP contribution in [0.25, 0.3) is 0 Å². The molecule has 3 unspecified atom stereocenters. The first-order valence-corrected chi connectivity index (χ1v) is 8.55. The fourth-order valence-electron chi connectivity index (χ4n) is 3.27. The van der Waals surface area contributed by atoms with Crippen LogP contribution in [0.5, 0.6) is 0 Å². The van der Waals surface area contributed by atoms with Crippen LogP contribution in [0.15, 0.2) is 24.3 Å². The van der Waals surface area contributed by atoms with Gasteiger partial charge >= 0.3 is 0 Å². The lowest BCUT2D eigenvalue weighted by atomic mass is 10.1. The standard InChI is InChI=1S/C16H24ClN5O/c17-12-5-3-11(4-6-12)14(22-7-1-2-8-22)10-19-16(23)13-9-15(18)21-20-13/h3-6,13-15,20-21H,1-2,7-10,18H2,(H,19,23). The first-order chi connectivity index (χ1) is 11.1. The molecule has 23 heavy (non-hydrogen) atoms. The molecule has 0 spiro atoms. The Morgan fingerprint density at radius 2 is 2.00 bits per heavy atom. The van der Waals surface area contributed by atoms with Gasteiger partial charge < -0.3 is 11.1 Å². The third-order valence-corrected chi connectivity index (χ3v) is 4.81. The highest BCUT2D eigenvalue weighted by molar-refractivity contribution is 6.30. The van der Waals surface area contributed by atoms with Crippen molar-refractivity contribution in [2.24, 2.45) is 5.73 Å². The summed E-state index contributed by atoms with van der Waals surface area (Å²) in [5.74, 6) is -0.0105. The number of hydrazine groups is 1. The zero-order valence-corrected chi connectivity index (χ0v) is 13.9. The smallest absolute Gasteiger partial charge is 0.238 e. The lowest BCUT2D eigenvalue weighted by molar-refractivity contribution is -0.123. The second-order valence-electron chi connectivity index (χ2n) is 6.24. The molecule has 2 aliphatic heterocycles. The summed E-state index contributed by atoms with van der Waals surface area (Å²) >= 11 is 5.99. The first kappa shape index (κ1) is 16.7. The molecule has 0 aliphatic carbocycles. The number of nitrogens with two attached hydrogens (primary N) is 1. The van der Waals surface area contributed by atoms with E-state index in [-0.39, 0.29) is 24.2 Å². The van der Waals surface area contributed by atoms with Crippen LogP contribution in [-0.2, 0) is 4.79 Å². The van der Waals surface area contributed by atoms with Gasteiger partial charge in [0.25, 0.3) is 0 Å². The Labute approximate surface area is 141 Å². The maximum absolute atomic E-state index is 12.3. The van der Waals surface area contributed by atoms with Crippen molar-refractivity contribution < 1.29 is 4.79 Å². The number of benzene rings is 1. The molecule has 1 aromatic rings. The van der Waals surface area contributed by atoms with Crippen molar-refractivity contribution in [2.75, 3.05) is 19.6 Å². The summed E-state index contributed by atoms with van der Waals surface area (Å²) in [5, 5.41) is 3.79. The van der Waals surface area contributed by atoms with Gasteiger partial charge in [0.05, 0.1) is 12.2 Å². The highest BCUT2D eigenvalue weighted by Crippen LogP contribution is 2.25. The van der Waals surface area contributed by atoms with E-state index in [1.54, 1.807) is 0 Å². The number of likely N-dealkylation sites (tertiary alicyclic amines) is 1. The largest absolute Gasteiger partial charge is 0.353 e. The summed E-state index contributed by atoms with van der Waals surface area (Å²) in [5.41, 5.74) is 12.7. The van der Waals surface area contributed by atoms with Gasteiger partial charge in [0.1, 0.15) is 6.04 Å². The van der Waals surface area contributed by atoms with Gasteiger partial charge in [-0.25, -0.2) is 10.9 Å². The van der Waals surface area contributed by atoms with E-state index in [0.29, 0.717) is 13.0 Å². The molecule has 6 nitrogen and oxygen atoms in total. The van der Waals surface area contributed by atoms with Crippen LogP contribution in [-0.4, -0.2) is 42.6 Å². The number of carbonyl (C=O) groups excluding carboxylic acids is 1. The van der Waals surface area contributed by atoms with Gasteiger partial charge in [-0.15, -0.1) is 0 Å². The number of carbonyl (C=O) groups is 1. The molecule has 2 saturated heterocycles. The lowest BCUT2D eigenvalue weighted by Gasteiger charge is -2.28. The van der Waals surface area contributed by atoms with Gasteiger partial charge in [0, 0.05) is 18.0 Å². The first-order valence-electron chi connectivity index (χ1n) is 8.17. The number of hydrogen-bond donors (Lipinski definition) is 4. The van der Waals surface area contributed by atoms with Crippen LogP contribution in [0.1, 0.15) is 30.9 Å². The number of halogens is 1. The summed E-state index contributed by atoms with van der Waals surface area (Å²) in [6.07, 6.45) is 2.85. The zero-order valence-electron chi connectivity index (χ0n) is 13.1. The van der Waals surface area contributed by atoms with Crippen molar-refractivity contribution in [1.29, 1.82) is 0 Å². The molecule has 3 rings (SSSR count). The molecular formula is C16H24ClN5O. The van der Waals surface area contributed by atoms with Gasteiger partial charge in [-0.05, 0) is 43.6 Å². The zero-order chi connectivity index (χ0) is 16.2. The molecule has 0 saturated carbocycles. The molecule has 1 amide bonds. The predicted molar refractivity (Wildman–Crippen MR) is 90.7 cm³/mol. The highest BCUT2D eigenvalue weighted by Gasteiger charge is 2.29. The summed E-state index contributed by atoms with van der Waals surface area (Å²) in [4.78, 5) is 14.7. The van der Waals surface area contributed by atoms with Crippen LogP contribution in [0.2, 0.25) is 5.02 Å². The van der Waals surface area contributed by atoms with E-state index in [0.717, 1.165) is 18.1 Å². The van der Waals surface area contributed by atoms with Gasteiger partial charge in [-0.2, -0.15) is 0 Å². The molecule has 0 bridgehead atoms. The third kappa shape index (κ3) is 4.22. The molecule has 3 atom stereocenters. The number of amides is 1. The number of rotatable bonds is 5. The monoisotopic (exact) mass is 337 g/mol. The minimum atomic E-state index is -0.269. The van der Waals surface area contributed by atoms with E-state index in [2.05, 4.69) is 21.1 Å². The second-order valence-corrected chi connectivity index (χ2v) is 6.68. The molecule has 1 aromatic carbocycles. The Kier molecular flexibility index (Phi) is 5.50. The van der Waals surface area contributed by atoms with Crippen molar-refractivity contribution in [3.8, 4) is 0 Å². The Morgan fingerprint density at radius 1 is 1.30 bits per heavy atom. The van der Waals surface area contributed by atoms with E-state index in [1.165, 1.54) is 18.4 Å². The Balaban J connectivity index is 1.64. The Bertz CT molecular complexity index is 532. The Morgan fingerprint density at radius 3 is 2.61 bits per heavy atom. The van der Waals surface area contributed by atoms with Crippen LogP contribution in [0, 0.1) is 0 Å². The van der Waals surface area contributed by atoms with E-state index in [1.807, 2.05) is 24.3 Å². The van der Waals surface area contributed by atoms with Gasteiger partial charge in [-0.3, -0.25) is 9.69 Å². The average molecular weight is 338 g/mol. The molecular weight excluding hydrogens is 314 g/mol. The molecule has 2 aliphatic rings. The molecule has 5 N–H and O–H groups in total. The minimum Gasteiger partial charge on any atom is -0.353 e. The van der Waals surface area contributed by atoms with Crippen LogP contribution in [0.3, 0.4) is 0 Å². The number of nitrogens with zero attached hydrogens (tertiary/aromatic N) is 1. The van der Waals surface area contributed by atoms with Crippen LogP contribution in [0.4, 0.5) is 0 Å². The Hall–Kier alpha value is -1.18. The van der Waals surface area contributed by atoms with Crippen molar-refractivity contribution in [1.82, 2.24) is 21.1 Å². The topological polar surface area (TPSA) is 82.4 Å². The van der Waals surface area contributed by atoms with Gasteiger partial charge in [-0.1, -0.05) is 23.7 Å². The normalized spacial score (nSPS) is 26.3. The van der Waals surface area contributed by atoms with E-state index >= 15 is 0 Å². The number of hydrogen-bond acceptors (Lipinski definition) is 5. The third-order valence-electron chi connectivity index (χ3n) is 4.55. The summed E-state index contributed by atoms with van der Waals surface area (Å²) < 4.78 is 0. The molecule has 2 fully saturated rings. The highest BCUT2D eigenvalue weighted by atomic mass is 35.5. The van der Waals surface area contributed by atoms with Crippen LogP contribution >= 0.6 is 11.6 Å². The molecule has 126 valence electrons. The van der Waals surface area contributed by atoms with Crippen molar-refractivity contribution >= 4 is 17.5 Å². The molecule has 2 heterocycles. The van der Waals surface area contributed by atoms with Crippen molar-refractivity contribution in [3.05, 3.63) is 34.9 Å². The SMILES string of the molecule is NC1CC(C(=O)NCC(c2ccc(Cl)cc2)N2CCCC2)NN1. The van der Waals surface area contributed by atoms with E-state index in [4.69, 9.17) is 17.3 Å². The fraction of sp³-hybridized carbons (Fsp3) is 0.562. The fourth-order valence-corrected chi connectivity index (χ4v) is 3.39. The second kappa shape index (κ2) is 7.59. The molecule has 0 radical (unpaired) electrons. The van der Waals surface area contributed by atoms with Gasteiger partial charge in [0.15, 0.2) is 0 Å².